The third-order valence-electron chi connectivity index (χ3n) is 1.54. The second kappa shape index (κ2) is 4.06. The Morgan fingerprint density at radius 2 is 2.29 bits per heavy atom. The van der Waals surface area contributed by atoms with Gasteiger partial charge in [0.1, 0.15) is 4.88 Å². The minimum absolute atomic E-state index is 0.240. The second-order valence-electron chi connectivity index (χ2n) is 2.62. The van der Waals surface area contributed by atoms with E-state index in [1.807, 2.05) is 0 Å². The van der Waals surface area contributed by atoms with Gasteiger partial charge >= 0.3 is 5.97 Å². The molecule has 0 saturated carbocycles. The highest BCUT2D eigenvalue weighted by molar-refractivity contribution is 7.18. The average Bonchev–Trinajstić information content (AvgIpc) is 2.46. The van der Waals surface area contributed by atoms with Gasteiger partial charge in [-0.2, -0.15) is 0 Å². The van der Waals surface area contributed by atoms with E-state index in [4.69, 9.17) is 5.11 Å². The maximum absolute atomic E-state index is 10.9. The second-order valence-corrected chi connectivity index (χ2v) is 3.67. The molecule has 2 N–H and O–H groups in total. The van der Waals surface area contributed by atoms with Crippen LogP contribution in [-0.2, 0) is 4.79 Å². The lowest BCUT2D eigenvalue weighted by atomic mass is 10.3. The molecule has 4 nitrogen and oxygen atoms in total. The van der Waals surface area contributed by atoms with Gasteiger partial charge < -0.3 is 10.4 Å². The number of carboxylic acid groups (broad SMARTS) is 1. The van der Waals surface area contributed by atoms with Crippen molar-refractivity contribution >= 4 is 28.2 Å². The summed E-state index contributed by atoms with van der Waals surface area (Å²) in [5.41, 5.74) is 0.641. The van der Waals surface area contributed by atoms with Crippen LogP contribution in [0.2, 0.25) is 0 Å². The summed E-state index contributed by atoms with van der Waals surface area (Å²) < 4.78 is 0. The Morgan fingerprint density at radius 3 is 2.71 bits per heavy atom. The van der Waals surface area contributed by atoms with Crippen LogP contribution in [0.15, 0.2) is 18.7 Å². The summed E-state index contributed by atoms with van der Waals surface area (Å²) in [6.07, 6.45) is 1.13. The van der Waals surface area contributed by atoms with Gasteiger partial charge in [0, 0.05) is 0 Å². The first-order valence-corrected chi connectivity index (χ1v) is 4.63. The Morgan fingerprint density at radius 1 is 1.64 bits per heavy atom. The van der Waals surface area contributed by atoms with Crippen molar-refractivity contribution in [3.05, 3.63) is 29.2 Å². The number of aryl methyl sites for hydroxylation is 1. The number of carbonyl (C=O) groups is 2. The zero-order valence-corrected chi connectivity index (χ0v) is 8.35. The van der Waals surface area contributed by atoms with Gasteiger partial charge in [0.15, 0.2) is 0 Å². The van der Waals surface area contributed by atoms with Crippen molar-refractivity contribution in [2.45, 2.75) is 6.92 Å². The molecule has 0 unspecified atom stereocenters. The summed E-state index contributed by atoms with van der Waals surface area (Å²) in [6, 6.07) is 1.62. The molecule has 0 aliphatic carbocycles. The summed E-state index contributed by atoms with van der Waals surface area (Å²) in [7, 11) is 0. The number of anilines is 1. The molecule has 0 bridgehead atoms. The van der Waals surface area contributed by atoms with Gasteiger partial charge in [0.25, 0.3) is 0 Å². The van der Waals surface area contributed by atoms with Crippen LogP contribution in [0.1, 0.15) is 15.2 Å². The number of aromatic carboxylic acids is 1. The summed E-state index contributed by atoms with van der Waals surface area (Å²) in [6.45, 7) is 4.98. The van der Waals surface area contributed by atoms with Gasteiger partial charge in [0.05, 0.1) is 5.00 Å². The Bertz CT molecular complexity index is 395. The van der Waals surface area contributed by atoms with Crippen LogP contribution < -0.4 is 5.32 Å². The van der Waals surface area contributed by atoms with E-state index in [2.05, 4.69) is 11.9 Å². The van der Waals surface area contributed by atoms with Crippen molar-refractivity contribution in [1.82, 2.24) is 0 Å². The highest BCUT2D eigenvalue weighted by Gasteiger charge is 2.12. The molecule has 14 heavy (non-hydrogen) atoms. The Kier molecular flexibility index (Phi) is 3.03. The summed E-state index contributed by atoms with van der Waals surface area (Å²) in [4.78, 5) is 21.8. The molecule has 0 saturated heterocycles. The van der Waals surface area contributed by atoms with E-state index in [9.17, 15) is 9.59 Å². The predicted octanol–water partition coefficient (Wildman–Crippen LogP) is 1.88. The number of hydrogen-bond acceptors (Lipinski definition) is 3. The lowest BCUT2D eigenvalue weighted by Crippen LogP contribution is -2.05. The summed E-state index contributed by atoms with van der Waals surface area (Å²) in [5, 5.41) is 11.8. The van der Waals surface area contributed by atoms with E-state index in [1.165, 1.54) is 0 Å². The number of carbonyl (C=O) groups excluding carboxylic acids is 1. The van der Waals surface area contributed by atoms with Crippen molar-refractivity contribution in [2.24, 2.45) is 0 Å². The molecular weight excluding hydrogens is 202 g/mol. The lowest BCUT2D eigenvalue weighted by Gasteiger charge is -1.94. The van der Waals surface area contributed by atoms with Gasteiger partial charge in [-0.05, 0) is 24.6 Å². The fraction of sp³-hybridized carbons (Fsp3) is 0.111. The quantitative estimate of drug-likeness (QED) is 0.750. The first-order chi connectivity index (χ1) is 6.54. The van der Waals surface area contributed by atoms with Gasteiger partial charge in [-0.25, -0.2) is 4.79 Å². The molecule has 0 fully saturated rings. The molecule has 5 heteroatoms. The lowest BCUT2D eigenvalue weighted by molar-refractivity contribution is -0.111. The third-order valence-corrected chi connectivity index (χ3v) is 2.68. The molecule has 0 spiro atoms. The van der Waals surface area contributed by atoms with Crippen LogP contribution in [-0.4, -0.2) is 17.0 Å². The minimum atomic E-state index is -0.980. The van der Waals surface area contributed by atoms with Crippen molar-refractivity contribution in [1.29, 1.82) is 0 Å². The average molecular weight is 211 g/mol. The fourth-order valence-electron chi connectivity index (χ4n) is 0.928. The van der Waals surface area contributed by atoms with Gasteiger partial charge in [-0.15, -0.1) is 11.3 Å². The van der Waals surface area contributed by atoms with E-state index in [-0.39, 0.29) is 10.8 Å². The monoisotopic (exact) mass is 211 g/mol. The molecule has 0 aromatic carbocycles. The first-order valence-electron chi connectivity index (χ1n) is 3.81. The fourth-order valence-corrected chi connectivity index (χ4v) is 1.84. The standard InChI is InChI=1S/C9H9NO3S/c1-3-6(11)10-7-4-5(2)8(14-7)9(12)13/h3-4H,1H2,2H3,(H,10,11)(H,12,13). The molecule has 1 aromatic rings. The molecule has 74 valence electrons. The molecule has 0 atom stereocenters. The van der Waals surface area contributed by atoms with E-state index in [0.717, 1.165) is 17.4 Å². The third kappa shape index (κ3) is 2.20. The highest BCUT2D eigenvalue weighted by atomic mass is 32.1. The number of rotatable bonds is 3. The van der Waals surface area contributed by atoms with Gasteiger partial charge in [-0.3, -0.25) is 4.79 Å². The van der Waals surface area contributed by atoms with Crippen LogP contribution in [0.4, 0.5) is 5.00 Å². The molecule has 0 radical (unpaired) electrons. The SMILES string of the molecule is C=CC(=O)Nc1cc(C)c(C(=O)O)s1. The molecule has 1 aromatic heterocycles. The van der Waals surface area contributed by atoms with Gasteiger partial charge in [-0.1, -0.05) is 6.58 Å². The first kappa shape index (κ1) is 10.5. The number of amides is 1. The Hall–Kier alpha value is -1.62. The molecule has 1 amide bonds. The largest absolute Gasteiger partial charge is 0.477 e. The maximum Gasteiger partial charge on any atom is 0.346 e. The van der Waals surface area contributed by atoms with E-state index in [1.54, 1.807) is 13.0 Å². The topological polar surface area (TPSA) is 66.4 Å². The summed E-state index contributed by atoms with van der Waals surface area (Å²) in [5.74, 6) is -1.32. The van der Waals surface area contributed by atoms with Crippen LogP contribution in [0.5, 0.6) is 0 Å². The molecule has 0 aliphatic heterocycles. The van der Waals surface area contributed by atoms with E-state index in [0.29, 0.717) is 10.6 Å². The predicted molar refractivity (Wildman–Crippen MR) is 54.8 cm³/mol. The van der Waals surface area contributed by atoms with Crippen molar-refractivity contribution in [3.8, 4) is 0 Å². The Balaban J connectivity index is 2.91. The van der Waals surface area contributed by atoms with Crippen molar-refractivity contribution in [2.75, 3.05) is 5.32 Å². The van der Waals surface area contributed by atoms with E-state index >= 15 is 0 Å². The molecule has 0 aliphatic rings. The summed E-state index contributed by atoms with van der Waals surface area (Å²) >= 11 is 1.03. The minimum Gasteiger partial charge on any atom is -0.477 e. The number of nitrogens with one attached hydrogen (secondary N) is 1. The highest BCUT2D eigenvalue weighted by Crippen LogP contribution is 2.26. The van der Waals surface area contributed by atoms with E-state index < -0.39 is 5.97 Å². The Labute approximate surface area is 84.9 Å². The van der Waals surface area contributed by atoms with Crippen LogP contribution >= 0.6 is 11.3 Å². The zero-order chi connectivity index (χ0) is 10.7. The van der Waals surface area contributed by atoms with Crippen LogP contribution in [0.3, 0.4) is 0 Å². The maximum atomic E-state index is 10.9. The normalized spacial score (nSPS) is 9.50. The smallest absolute Gasteiger partial charge is 0.346 e. The van der Waals surface area contributed by atoms with Crippen LogP contribution in [0, 0.1) is 6.92 Å². The zero-order valence-electron chi connectivity index (χ0n) is 7.53. The number of carboxylic acids is 1. The number of thiophene rings is 1. The van der Waals surface area contributed by atoms with Crippen molar-refractivity contribution < 1.29 is 14.7 Å². The molecule has 1 rings (SSSR count). The number of hydrogen-bond donors (Lipinski definition) is 2. The van der Waals surface area contributed by atoms with Crippen LogP contribution in [0.25, 0.3) is 0 Å². The van der Waals surface area contributed by atoms with Gasteiger partial charge in [0.2, 0.25) is 5.91 Å². The molecular formula is C9H9NO3S. The van der Waals surface area contributed by atoms with Crippen molar-refractivity contribution in [3.63, 3.8) is 0 Å². The molecule has 1 heterocycles.